The van der Waals surface area contributed by atoms with Crippen molar-refractivity contribution in [2.45, 2.75) is 52.0 Å². The van der Waals surface area contributed by atoms with Crippen molar-refractivity contribution < 1.29 is 14.0 Å². The number of aryl methyl sites for hydroxylation is 1. The summed E-state index contributed by atoms with van der Waals surface area (Å²) < 4.78 is 15.5. The second-order valence-electron chi connectivity index (χ2n) is 8.14. The third-order valence-electron chi connectivity index (χ3n) is 5.46. The molecule has 168 valence electrons. The Morgan fingerprint density at radius 2 is 1.66 bits per heavy atom. The van der Waals surface area contributed by atoms with Gasteiger partial charge in [-0.25, -0.2) is 9.07 Å². The molecule has 0 saturated heterocycles. The number of fused-ring (bicyclic) bond motifs is 1. The molecule has 0 aliphatic carbocycles. The van der Waals surface area contributed by atoms with Gasteiger partial charge in [-0.1, -0.05) is 56.2 Å². The van der Waals surface area contributed by atoms with Gasteiger partial charge in [0.1, 0.15) is 5.82 Å². The largest absolute Gasteiger partial charge is 0.290 e. The molecule has 0 bridgehead atoms. The standard InChI is InChI=1S/C24H27FN4O3/c1-4-5-10-15-29-22(31)17-12-7-6-11-16(17)20(28-29)21(30)26-27-23(32)24(2,3)18-13-8-9-14-19(18)25/h6-9,11-14H,4-5,10,15H2,1-3H3,(H,26,30)(H,27,32). The highest BCUT2D eigenvalue weighted by molar-refractivity contribution is 6.05. The van der Waals surface area contributed by atoms with E-state index in [2.05, 4.69) is 22.9 Å². The highest BCUT2D eigenvalue weighted by Crippen LogP contribution is 2.25. The molecule has 0 saturated carbocycles. The molecule has 0 radical (unpaired) electrons. The van der Waals surface area contributed by atoms with E-state index in [9.17, 15) is 18.8 Å². The second-order valence-corrected chi connectivity index (χ2v) is 8.14. The Kier molecular flexibility index (Phi) is 7.02. The lowest BCUT2D eigenvalue weighted by atomic mass is 9.83. The van der Waals surface area contributed by atoms with Crippen LogP contribution in [-0.4, -0.2) is 21.6 Å². The van der Waals surface area contributed by atoms with E-state index in [1.54, 1.807) is 50.2 Å². The molecular formula is C24H27FN4O3. The van der Waals surface area contributed by atoms with Gasteiger partial charge in [-0.05, 0) is 32.4 Å². The molecule has 3 rings (SSSR count). The first-order valence-corrected chi connectivity index (χ1v) is 10.6. The van der Waals surface area contributed by atoms with Crippen LogP contribution in [0.3, 0.4) is 0 Å². The van der Waals surface area contributed by atoms with Crippen LogP contribution in [0.2, 0.25) is 0 Å². The summed E-state index contributed by atoms with van der Waals surface area (Å²) in [5.74, 6) is -1.76. The van der Waals surface area contributed by atoms with Gasteiger partial charge in [0.2, 0.25) is 5.91 Å². The van der Waals surface area contributed by atoms with Gasteiger partial charge in [0, 0.05) is 17.5 Å². The predicted molar refractivity (Wildman–Crippen MR) is 121 cm³/mol. The Morgan fingerprint density at radius 1 is 1.00 bits per heavy atom. The van der Waals surface area contributed by atoms with Gasteiger partial charge < -0.3 is 0 Å². The summed E-state index contributed by atoms with van der Waals surface area (Å²) in [6.45, 7) is 5.58. The van der Waals surface area contributed by atoms with E-state index in [4.69, 9.17) is 0 Å². The fourth-order valence-electron chi connectivity index (χ4n) is 3.49. The average molecular weight is 439 g/mol. The van der Waals surface area contributed by atoms with E-state index < -0.39 is 23.0 Å². The first kappa shape index (κ1) is 23.1. The Labute approximate surface area is 185 Å². The van der Waals surface area contributed by atoms with Crippen molar-refractivity contribution in [1.82, 2.24) is 20.6 Å². The number of amides is 2. The van der Waals surface area contributed by atoms with Crippen LogP contribution >= 0.6 is 0 Å². The molecule has 7 nitrogen and oxygen atoms in total. The number of carbonyl (C=O) groups excluding carboxylic acids is 2. The number of benzene rings is 2. The number of halogens is 1. The van der Waals surface area contributed by atoms with Gasteiger partial charge in [0.15, 0.2) is 5.69 Å². The van der Waals surface area contributed by atoms with E-state index in [-0.39, 0.29) is 16.8 Å². The van der Waals surface area contributed by atoms with Crippen molar-refractivity contribution in [2.24, 2.45) is 0 Å². The summed E-state index contributed by atoms with van der Waals surface area (Å²) >= 11 is 0. The van der Waals surface area contributed by atoms with Crippen LogP contribution in [0.4, 0.5) is 4.39 Å². The van der Waals surface area contributed by atoms with Crippen molar-refractivity contribution in [3.63, 3.8) is 0 Å². The summed E-state index contributed by atoms with van der Waals surface area (Å²) in [4.78, 5) is 38.4. The Morgan fingerprint density at radius 3 is 2.34 bits per heavy atom. The number of rotatable bonds is 7. The third kappa shape index (κ3) is 4.69. The lowest BCUT2D eigenvalue weighted by Gasteiger charge is -2.24. The van der Waals surface area contributed by atoms with Crippen LogP contribution in [0, 0.1) is 5.82 Å². The van der Waals surface area contributed by atoms with Crippen LogP contribution in [0.1, 0.15) is 56.1 Å². The molecule has 0 fully saturated rings. The topological polar surface area (TPSA) is 93.1 Å². The smallest absolute Gasteiger partial charge is 0.272 e. The molecule has 0 spiro atoms. The first-order chi connectivity index (χ1) is 15.3. The maximum Gasteiger partial charge on any atom is 0.290 e. The van der Waals surface area contributed by atoms with Crippen molar-refractivity contribution in [3.05, 3.63) is 76.0 Å². The number of nitrogens with zero attached hydrogens (tertiary/aromatic N) is 2. The number of aromatic nitrogens is 2. The summed E-state index contributed by atoms with van der Waals surface area (Å²) in [6.07, 6.45) is 2.68. The molecule has 32 heavy (non-hydrogen) atoms. The Balaban J connectivity index is 1.85. The van der Waals surface area contributed by atoms with Gasteiger partial charge in [-0.3, -0.25) is 25.2 Å². The molecule has 0 unspecified atom stereocenters. The summed E-state index contributed by atoms with van der Waals surface area (Å²) in [6, 6.07) is 12.7. The predicted octanol–water partition coefficient (Wildman–Crippen LogP) is 3.46. The monoisotopic (exact) mass is 438 g/mol. The highest BCUT2D eigenvalue weighted by atomic mass is 19.1. The third-order valence-corrected chi connectivity index (χ3v) is 5.46. The number of nitrogens with one attached hydrogen (secondary N) is 2. The zero-order chi connectivity index (χ0) is 23.3. The Bertz CT molecular complexity index is 1200. The number of carbonyl (C=O) groups is 2. The van der Waals surface area contributed by atoms with Gasteiger partial charge in [-0.2, -0.15) is 5.10 Å². The van der Waals surface area contributed by atoms with E-state index in [1.807, 2.05) is 0 Å². The zero-order valence-electron chi connectivity index (χ0n) is 18.4. The minimum absolute atomic E-state index is 0.0284. The lowest BCUT2D eigenvalue weighted by Crippen LogP contribution is -2.49. The number of hydrazine groups is 1. The van der Waals surface area contributed by atoms with Gasteiger partial charge in [0.05, 0.1) is 10.8 Å². The van der Waals surface area contributed by atoms with Crippen LogP contribution < -0.4 is 16.4 Å². The summed E-state index contributed by atoms with van der Waals surface area (Å²) in [7, 11) is 0. The molecule has 0 atom stereocenters. The Hall–Kier alpha value is -3.55. The van der Waals surface area contributed by atoms with E-state index >= 15 is 0 Å². The maximum atomic E-state index is 14.2. The van der Waals surface area contributed by atoms with Crippen LogP contribution in [-0.2, 0) is 16.8 Å². The zero-order valence-corrected chi connectivity index (χ0v) is 18.4. The number of unbranched alkanes of at least 4 members (excludes halogenated alkanes) is 2. The minimum atomic E-state index is -1.23. The molecule has 0 aliphatic heterocycles. The maximum absolute atomic E-state index is 14.2. The summed E-state index contributed by atoms with van der Waals surface area (Å²) in [5, 5.41) is 5.04. The number of hydrogen-bond acceptors (Lipinski definition) is 4. The van der Waals surface area contributed by atoms with Crippen molar-refractivity contribution in [1.29, 1.82) is 0 Å². The second kappa shape index (κ2) is 9.72. The first-order valence-electron chi connectivity index (χ1n) is 10.6. The molecule has 1 heterocycles. The van der Waals surface area contributed by atoms with Crippen LogP contribution in [0.15, 0.2) is 53.3 Å². The van der Waals surface area contributed by atoms with Crippen molar-refractivity contribution in [3.8, 4) is 0 Å². The fraction of sp³-hybridized carbons (Fsp3) is 0.333. The molecule has 8 heteroatoms. The van der Waals surface area contributed by atoms with E-state index in [0.717, 1.165) is 19.3 Å². The van der Waals surface area contributed by atoms with Gasteiger partial charge in [-0.15, -0.1) is 0 Å². The molecule has 2 aromatic carbocycles. The molecule has 2 N–H and O–H groups in total. The quantitative estimate of drug-likeness (QED) is 0.436. The van der Waals surface area contributed by atoms with E-state index in [0.29, 0.717) is 17.3 Å². The fourth-order valence-corrected chi connectivity index (χ4v) is 3.49. The molecule has 2 amide bonds. The average Bonchev–Trinajstić information content (AvgIpc) is 2.79. The highest BCUT2D eigenvalue weighted by Gasteiger charge is 2.32. The van der Waals surface area contributed by atoms with Crippen molar-refractivity contribution >= 4 is 22.6 Å². The normalized spacial score (nSPS) is 11.4. The molecule has 3 aromatic rings. The molecule has 0 aliphatic rings. The van der Waals surface area contributed by atoms with Gasteiger partial charge >= 0.3 is 0 Å². The number of hydrogen-bond donors (Lipinski definition) is 2. The minimum Gasteiger partial charge on any atom is -0.272 e. The molecular weight excluding hydrogens is 411 g/mol. The van der Waals surface area contributed by atoms with E-state index in [1.165, 1.54) is 16.8 Å². The lowest BCUT2D eigenvalue weighted by molar-refractivity contribution is -0.126. The SMILES string of the molecule is CCCCCn1nc(C(=O)NNC(=O)C(C)(C)c2ccccc2F)c2ccccc2c1=O. The van der Waals surface area contributed by atoms with Crippen LogP contribution in [0.25, 0.3) is 10.8 Å². The van der Waals surface area contributed by atoms with Gasteiger partial charge in [0.25, 0.3) is 11.5 Å². The summed E-state index contributed by atoms with van der Waals surface area (Å²) in [5.41, 5.74) is 3.47. The van der Waals surface area contributed by atoms with Crippen molar-refractivity contribution in [2.75, 3.05) is 0 Å². The molecule has 1 aromatic heterocycles. The van der Waals surface area contributed by atoms with Crippen LogP contribution in [0.5, 0.6) is 0 Å².